The van der Waals surface area contributed by atoms with Crippen LogP contribution in [0.4, 0.5) is 0 Å². The summed E-state index contributed by atoms with van der Waals surface area (Å²) in [5, 5.41) is 4.00. The molecular weight excluding hydrogens is 362 g/mol. The van der Waals surface area contributed by atoms with Crippen molar-refractivity contribution in [1.29, 1.82) is 0 Å². The number of hydrogen-bond acceptors (Lipinski definition) is 5. The Morgan fingerprint density at radius 1 is 1.26 bits per heavy atom. The fourth-order valence-electron chi connectivity index (χ4n) is 3.68. The first-order valence-electron chi connectivity index (χ1n) is 9.62. The van der Waals surface area contributed by atoms with E-state index in [2.05, 4.69) is 21.8 Å². The highest BCUT2D eigenvalue weighted by Crippen LogP contribution is 2.35. The zero-order valence-electron chi connectivity index (χ0n) is 15.6. The van der Waals surface area contributed by atoms with Gasteiger partial charge in [-0.05, 0) is 38.0 Å². The van der Waals surface area contributed by atoms with Gasteiger partial charge >= 0.3 is 0 Å². The first kappa shape index (κ1) is 18.2. The van der Waals surface area contributed by atoms with E-state index in [0.717, 1.165) is 47.3 Å². The van der Waals surface area contributed by atoms with E-state index in [4.69, 9.17) is 9.47 Å². The molecule has 2 aromatic rings. The molecule has 1 saturated carbocycles. The molecule has 1 aliphatic carbocycles. The second-order valence-electron chi connectivity index (χ2n) is 6.87. The van der Waals surface area contributed by atoms with Gasteiger partial charge in [0, 0.05) is 18.2 Å². The lowest BCUT2D eigenvalue weighted by molar-refractivity contribution is -0.119. The molecule has 0 bridgehead atoms. The summed E-state index contributed by atoms with van der Waals surface area (Å²) in [7, 11) is 0. The maximum atomic E-state index is 12.2. The van der Waals surface area contributed by atoms with E-state index in [-0.39, 0.29) is 5.91 Å². The summed E-state index contributed by atoms with van der Waals surface area (Å²) in [6.45, 7) is 4.03. The molecule has 0 radical (unpaired) electrons. The van der Waals surface area contributed by atoms with Crippen molar-refractivity contribution >= 4 is 17.7 Å². The largest absolute Gasteiger partial charge is 0.486 e. The molecule has 1 N–H and O–H groups in total. The van der Waals surface area contributed by atoms with Crippen molar-refractivity contribution < 1.29 is 14.3 Å². The van der Waals surface area contributed by atoms with Gasteiger partial charge in [0.05, 0.1) is 17.6 Å². The van der Waals surface area contributed by atoms with E-state index >= 15 is 0 Å². The maximum Gasteiger partial charge on any atom is 0.230 e. The molecule has 1 aliphatic heterocycles. The quantitative estimate of drug-likeness (QED) is 0.769. The van der Waals surface area contributed by atoms with Gasteiger partial charge in [-0.1, -0.05) is 24.6 Å². The van der Waals surface area contributed by atoms with Crippen molar-refractivity contribution in [2.24, 2.45) is 0 Å². The fourth-order valence-corrected chi connectivity index (χ4v) is 4.54. The number of amides is 1. The van der Waals surface area contributed by atoms with Crippen LogP contribution in [0.5, 0.6) is 11.5 Å². The second-order valence-corrected chi connectivity index (χ2v) is 7.81. The molecule has 144 valence electrons. The minimum Gasteiger partial charge on any atom is -0.486 e. The number of carbonyl (C=O) groups excluding carboxylic acids is 1. The number of carbonyl (C=O) groups is 1. The Hall–Kier alpha value is -2.15. The average Bonchev–Trinajstić information content (AvgIpc) is 3.35. The molecule has 0 atom stereocenters. The Labute approximate surface area is 163 Å². The highest BCUT2D eigenvalue weighted by atomic mass is 32.2. The molecule has 2 heterocycles. The number of benzene rings is 1. The van der Waals surface area contributed by atoms with Gasteiger partial charge in [-0.3, -0.25) is 4.79 Å². The Kier molecular flexibility index (Phi) is 5.57. The number of aromatic nitrogens is 2. The van der Waals surface area contributed by atoms with Gasteiger partial charge in [-0.25, -0.2) is 4.98 Å². The Morgan fingerprint density at radius 3 is 2.81 bits per heavy atom. The topological polar surface area (TPSA) is 65.4 Å². The van der Waals surface area contributed by atoms with Gasteiger partial charge in [0.25, 0.3) is 0 Å². The molecule has 1 aromatic carbocycles. The SMILES string of the molecule is CCn1c(-c2ccc3c(c2)OCCO3)cnc1SCC(=O)NC1CCCC1. The van der Waals surface area contributed by atoms with Gasteiger partial charge in [0.15, 0.2) is 16.7 Å². The van der Waals surface area contributed by atoms with E-state index in [9.17, 15) is 4.79 Å². The summed E-state index contributed by atoms with van der Waals surface area (Å²) in [6.07, 6.45) is 6.52. The van der Waals surface area contributed by atoms with Crippen LogP contribution >= 0.6 is 11.8 Å². The highest BCUT2D eigenvalue weighted by molar-refractivity contribution is 7.99. The van der Waals surface area contributed by atoms with Crippen LogP contribution in [-0.4, -0.2) is 40.5 Å². The zero-order valence-corrected chi connectivity index (χ0v) is 16.4. The Bertz CT molecular complexity index is 815. The van der Waals surface area contributed by atoms with Gasteiger partial charge < -0.3 is 19.4 Å². The lowest BCUT2D eigenvalue weighted by atomic mass is 10.1. The van der Waals surface area contributed by atoms with Gasteiger partial charge in [-0.15, -0.1) is 0 Å². The predicted molar refractivity (Wildman–Crippen MR) is 105 cm³/mol. The van der Waals surface area contributed by atoms with Crippen LogP contribution in [0.3, 0.4) is 0 Å². The number of ether oxygens (including phenoxy) is 2. The minimum absolute atomic E-state index is 0.0958. The smallest absolute Gasteiger partial charge is 0.230 e. The molecule has 0 unspecified atom stereocenters. The van der Waals surface area contributed by atoms with Crippen LogP contribution in [0, 0.1) is 0 Å². The van der Waals surface area contributed by atoms with Crippen molar-refractivity contribution in [3.8, 4) is 22.8 Å². The number of rotatable bonds is 6. The number of nitrogens with one attached hydrogen (secondary N) is 1. The second kappa shape index (κ2) is 8.25. The normalized spacial score (nSPS) is 16.5. The molecule has 1 fully saturated rings. The Morgan fingerprint density at radius 2 is 2.04 bits per heavy atom. The van der Waals surface area contributed by atoms with Crippen molar-refractivity contribution in [3.05, 3.63) is 24.4 Å². The molecular formula is C20H25N3O3S. The molecule has 0 saturated heterocycles. The fraction of sp³-hybridized carbons (Fsp3) is 0.500. The number of fused-ring (bicyclic) bond motifs is 1. The Balaban J connectivity index is 1.46. The summed E-state index contributed by atoms with van der Waals surface area (Å²) in [5.41, 5.74) is 2.06. The standard InChI is InChI=1S/C20H25N3O3S/c1-2-23-16(14-7-8-17-18(11-14)26-10-9-25-17)12-21-20(23)27-13-19(24)22-15-5-3-4-6-15/h7-8,11-12,15H,2-6,9-10,13H2,1H3,(H,22,24). The first-order valence-corrected chi connectivity index (χ1v) is 10.6. The summed E-state index contributed by atoms with van der Waals surface area (Å²) in [6, 6.07) is 6.33. The average molecular weight is 388 g/mol. The predicted octanol–water partition coefficient (Wildman–Crippen LogP) is 3.49. The van der Waals surface area contributed by atoms with Crippen molar-refractivity contribution in [2.45, 2.75) is 50.4 Å². The number of imidazole rings is 1. The van der Waals surface area contributed by atoms with Gasteiger partial charge in [-0.2, -0.15) is 0 Å². The molecule has 2 aliphatic rings. The number of thioether (sulfide) groups is 1. The van der Waals surface area contributed by atoms with Crippen molar-refractivity contribution in [1.82, 2.24) is 14.9 Å². The monoisotopic (exact) mass is 387 g/mol. The zero-order chi connectivity index (χ0) is 18.6. The summed E-state index contributed by atoms with van der Waals surface area (Å²) in [5.74, 6) is 2.05. The minimum atomic E-state index is 0.0958. The van der Waals surface area contributed by atoms with E-state index in [1.165, 1.54) is 24.6 Å². The lowest BCUT2D eigenvalue weighted by Crippen LogP contribution is -2.33. The van der Waals surface area contributed by atoms with Crippen LogP contribution in [0.2, 0.25) is 0 Å². The third kappa shape index (κ3) is 4.08. The van der Waals surface area contributed by atoms with Crippen LogP contribution in [-0.2, 0) is 11.3 Å². The molecule has 7 heteroatoms. The first-order chi connectivity index (χ1) is 13.2. The third-order valence-electron chi connectivity index (χ3n) is 5.03. The number of nitrogens with zero attached hydrogens (tertiary/aromatic N) is 2. The number of hydrogen-bond donors (Lipinski definition) is 1. The van der Waals surface area contributed by atoms with Gasteiger partial charge in [0.1, 0.15) is 13.2 Å². The molecule has 27 heavy (non-hydrogen) atoms. The summed E-state index contributed by atoms with van der Waals surface area (Å²) < 4.78 is 13.4. The lowest BCUT2D eigenvalue weighted by Gasteiger charge is -2.19. The highest BCUT2D eigenvalue weighted by Gasteiger charge is 2.19. The van der Waals surface area contributed by atoms with Crippen LogP contribution in [0.1, 0.15) is 32.6 Å². The van der Waals surface area contributed by atoms with Crippen LogP contribution in [0.15, 0.2) is 29.6 Å². The van der Waals surface area contributed by atoms with E-state index in [1.807, 2.05) is 24.4 Å². The maximum absolute atomic E-state index is 12.2. The van der Waals surface area contributed by atoms with E-state index in [1.54, 1.807) is 0 Å². The molecule has 4 rings (SSSR count). The van der Waals surface area contributed by atoms with E-state index in [0.29, 0.717) is 25.0 Å². The van der Waals surface area contributed by atoms with Crippen molar-refractivity contribution in [3.63, 3.8) is 0 Å². The molecule has 0 spiro atoms. The molecule has 6 nitrogen and oxygen atoms in total. The van der Waals surface area contributed by atoms with Crippen LogP contribution < -0.4 is 14.8 Å². The third-order valence-corrected chi connectivity index (χ3v) is 6.02. The van der Waals surface area contributed by atoms with Crippen LogP contribution in [0.25, 0.3) is 11.3 Å². The molecule has 1 aromatic heterocycles. The van der Waals surface area contributed by atoms with E-state index < -0.39 is 0 Å². The van der Waals surface area contributed by atoms with Gasteiger partial charge in [0.2, 0.25) is 5.91 Å². The molecule has 1 amide bonds. The summed E-state index contributed by atoms with van der Waals surface area (Å²) >= 11 is 1.49. The van der Waals surface area contributed by atoms with Crippen molar-refractivity contribution in [2.75, 3.05) is 19.0 Å². The summed E-state index contributed by atoms with van der Waals surface area (Å²) in [4.78, 5) is 16.8.